The van der Waals surface area contributed by atoms with Crippen molar-refractivity contribution < 1.29 is 22.7 Å². The van der Waals surface area contributed by atoms with E-state index in [9.17, 15) is 18.0 Å². The number of alkyl halides is 3. The first-order valence-electron chi connectivity index (χ1n) is 11.9. The van der Waals surface area contributed by atoms with Crippen molar-refractivity contribution in [2.75, 3.05) is 18.2 Å². The minimum Gasteiger partial charge on any atom is -0.497 e. The van der Waals surface area contributed by atoms with Crippen molar-refractivity contribution >= 4 is 38.8 Å². The van der Waals surface area contributed by atoms with Gasteiger partial charge in [0.2, 0.25) is 0 Å². The lowest BCUT2D eigenvalue weighted by molar-refractivity contribution is -0.136. The number of carbonyl (C=O) groups excluding carboxylic acids is 1. The van der Waals surface area contributed by atoms with E-state index in [2.05, 4.69) is 5.32 Å². The number of amides is 1. The first-order valence-corrected chi connectivity index (χ1v) is 12.7. The van der Waals surface area contributed by atoms with Gasteiger partial charge in [0.1, 0.15) is 15.5 Å². The zero-order chi connectivity index (χ0) is 24.5. The van der Waals surface area contributed by atoms with Crippen molar-refractivity contribution in [3.63, 3.8) is 0 Å². The average molecular weight is 502 g/mol. The van der Waals surface area contributed by atoms with Crippen LogP contribution in [0.3, 0.4) is 0 Å². The van der Waals surface area contributed by atoms with E-state index in [-0.39, 0.29) is 26.2 Å². The fourth-order valence-corrected chi connectivity index (χ4v) is 8.09. The number of pyridine rings is 1. The molecule has 0 spiro atoms. The van der Waals surface area contributed by atoms with Crippen LogP contribution in [0.4, 0.5) is 24.5 Å². The van der Waals surface area contributed by atoms with E-state index in [1.54, 1.807) is 24.3 Å². The number of aromatic nitrogens is 1. The molecule has 1 amide bonds. The van der Waals surface area contributed by atoms with Crippen LogP contribution >= 0.6 is 11.3 Å². The maximum absolute atomic E-state index is 14.3. The van der Waals surface area contributed by atoms with E-state index in [0.717, 1.165) is 30.6 Å². The number of carbonyl (C=O) groups is 1. The number of nitrogens with two attached hydrogens (primary N) is 1. The number of halogens is 3. The lowest BCUT2D eigenvalue weighted by atomic mass is 9.48. The molecule has 4 aliphatic rings. The first-order chi connectivity index (χ1) is 16.6. The van der Waals surface area contributed by atoms with Crippen LogP contribution in [-0.2, 0) is 11.6 Å². The Bertz CT molecular complexity index is 1280. The molecule has 4 saturated carbocycles. The van der Waals surface area contributed by atoms with E-state index in [1.807, 2.05) is 0 Å². The molecule has 0 aliphatic heterocycles. The van der Waals surface area contributed by atoms with E-state index in [1.165, 1.54) is 32.4 Å². The van der Waals surface area contributed by atoms with Gasteiger partial charge in [-0.1, -0.05) is 0 Å². The standard InChI is InChI=1S/C26H26F3N3O2S/c1-34-17-4-2-16(3-5-17)31-23(33)22-21(30)20-18(26(27,28)29)9-19(32-24(20)35-22)25-10-13-6-14(11-25)8-15(7-13)12-25/h2-5,9,13-15H,6-8,10-12,30H2,1H3,(H,31,33). The predicted molar refractivity (Wildman–Crippen MR) is 130 cm³/mol. The molecule has 2 aromatic heterocycles. The Hall–Kier alpha value is -2.81. The SMILES string of the molecule is COc1ccc(NC(=O)c2sc3nc(C45CC6CC(CC(C6)C4)C5)cc(C(F)(F)F)c3c2N)cc1. The molecule has 0 unspecified atom stereocenters. The number of hydrogen-bond acceptors (Lipinski definition) is 5. The van der Waals surface area contributed by atoms with E-state index in [0.29, 0.717) is 34.9 Å². The highest BCUT2D eigenvalue weighted by Crippen LogP contribution is 2.61. The molecule has 5 nitrogen and oxygen atoms in total. The number of ether oxygens (including phenoxy) is 1. The second-order valence-corrected chi connectivity index (χ2v) is 11.5. The number of anilines is 2. The maximum Gasteiger partial charge on any atom is 0.417 e. The molecule has 9 heteroatoms. The van der Waals surface area contributed by atoms with Gasteiger partial charge in [0.25, 0.3) is 5.91 Å². The summed E-state index contributed by atoms with van der Waals surface area (Å²) in [4.78, 5) is 18.0. The van der Waals surface area contributed by atoms with Gasteiger partial charge in [0.05, 0.1) is 18.4 Å². The zero-order valence-electron chi connectivity index (χ0n) is 19.2. The molecule has 0 saturated heterocycles. The van der Waals surface area contributed by atoms with Gasteiger partial charge in [-0.05, 0) is 86.6 Å². The number of nitrogens with one attached hydrogen (secondary N) is 1. The van der Waals surface area contributed by atoms with Crippen LogP contribution in [-0.4, -0.2) is 18.0 Å². The quantitative estimate of drug-likeness (QED) is 0.421. The molecule has 4 aliphatic carbocycles. The summed E-state index contributed by atoms with van der Waals surface area (Å²) in [6.07, 6.45) is 1.68. The Morgan fingerprint density at radius 3 is 2.26 bits per heavy atom. The summed E-state index contributed by atoms with van der Waals surface area (Å²) in [6.45, 7) is 0. The summed E-state index contributed by atoms with van der Waals surface area (Å²) < 4.78 is 48.0. The number of benzene rings is 1. The number of fused-ring (bicyclic) bond motifs is 1. The van der Waals surface area contributed by atoms with Gasteiger partial charge in [-0.2, -0.15) is 13.2 Å². The number of nitrogens with zero attached hydrogens (tertiary/aromatic N) is 1. The molecule has 7 rings (SSSR count). The number of hydrogen-bond donors (Lipinski definition) is 2. The third kappa shape index (κ3) is 3.75. The molecule has 2 heterocycles. The Morgan fingerprint density at radius 2 is 1.71 bits per heavy atom. The van der Waals surface area contributed by atoms with Gasteiger partial charge in [-0.3, -0.25) is 4.79 Å². The van der Waals surface area contributed by atoms with E-state index in [4.69, 9.17) is 15.5 Å². The predicted octanol–water partition coefficient (Wildman–Crippen LogP) is 6.63. The molecule has 0 radical (unpaired) electrons. The topological polar surface area (TPSA) is 77.2 Å². The first kappa shape index (κ1) is 22.6. The van der Waals surface area contributed by atoms with Gasteiger partial charge in [-0.25, -0.2) is 4.98 Å². The Labute approximate surface area is 204 Å². The molecule has 35 heavy (non-hydrogen) atoms. The van der Waals surface area contributed by atoms with Crippen LogP contribution < -0.4 is 15.8 Å². The molecular weight excluding hydrogens is 475 g/mol. The summed E-state index contributed by atoms with van der Waals surface area (Å²) in [6, 6.07) is 7.91. The van der Waals surface area contributed by atoms with Crippen molar-refractivity contribution in [1.82, 2.24) is 4.98 Å². The van der Waals surface area contributed by atoms with Crippen LogP contribution in [0.15, 0.2) is 30.3 Å². The molecule has 0 atom stereocenters. The van der Waals surface area contributed by atoms with Gasteiger partial charge >= 0.3 is 6.18 Å². The molecule has 4 fully saturated rings. The van der Waals surface area contributed by atoms with Crippen molar-refractivity contribution in [2.24, 2.45) is 17.8 Å². The zero-order valence-corrected chi connectivity index (χ0v) is 20.1. The molecule has 3 N–H and O–H groups in total. The van der Waals surface area contributed by atoms with Gasteiger partial charge < -0.3 is 15.8 Å². The average Bonchev–Trinajstić information content (AvgIpc) is 3.14. The second kappa shape index (κ2) is 7.85. The minimum absolute atomic E-state index is 0.0384. The monoisotopic (exact) mass is 501 g/mol. The molecular formula is C26H26F3N3O2S. The lowest BCUT2D eigenvalue weighted by Gasteiger charge is -2.56. The third-order valence-electron chi connectivity index (χ3n) is 8.14. The number of methoxy groups -OCH3 is 1. The molecule has 1 aromatic carbocycles. The van der Waals surface area contributed by atoms with Crippen LogP contribution in [0.2, 0.25) is 0 Å². The lowest BCUT2D eigenvalue weighted by Crippen LogP contribution is -2.49. The van der Waals surface area contributed by atoms with Crippen LogP contribution in [0.1, 0.15) is 59.5 Å². The highest BCUT2D eigenvalue weighted by Gasteiger charge is 2.53. The van der Waals surface area contributed by atoms with Gasteiger partial charge in [-0.15, -0.1) is 11.3 Å². The largest absolute Gasteiger partial charge is 0.497 e. The molecule has 184 valence electrons. The smallest absolute Gasteiger partial charge is 0.417 e. The molecule has 3 aromatic rings. The van der Waals surface area contributed by atoms with E-state index >= 15 is 0 Å². The Morgan fingerprint density at radius 1 is 1.11 bits per heavy atom. The van der Waals surface area contributed by atoms with Gasteiger partial charge in [0, 0.05) is 22.2 Å². The normalized spacial score (nSPS) is 27.4. The summed E-state index contributed by atoms with van der Waals surface area (Å²) in [5.41, 5.74) is 5.94. The Balaban J connectivity index is 1.42. The van der Waals surface area contributed by atoms with Crippen molar-refractivity contribution in [1.29, 1.82) is 0 Å². The Kier molecular flexibility index (Phi) is 5.08. The highest BCUT2D eigenvalue weighted by molar-refractivity contribution is 7.21. The van der Waals surface area contributed by atoms with Crippen molar-refractivity contribution in [3.8, 4) is 5.75 Å². The van der Waals surface area contributed by atoms with Crippen LogP contribution in [0, 0.1) is 17.8 Å². The summed E-state index contributed by atoms with van der Waals surface area (Å²) in [7, 11) is 1.54. The summed E-state index contributed by atoms with van der Waals surface area (Å²) in [5.74, 6) is 1.80. The maximum atomic E-state index is 14.3. The summed E-state index contributed by atoms with van der Waals surface area (Å²) >= 11 is 0.935. The second-order valence-electron chi connectivity index (χ2n) is 10.5. The van der Waals surface area contributed by atoms with Crippen LogP contribution in [0.25, 0.3) is 10.2 Å². The minimum atomic E-state index is -4.60. The van der Waals surface area contributed by atoms with Gasteiger partial charge in [0.15, 0.2) is 0 Å². The number of thiophene rings is 1. The van der Waals surface area contributed by atoms with Crippen molar-refractivity contribution in [3.05, 3.63) is 46.5 Å². The number of nitrogen functional groups attached to an aromatic ring is 1. The number of rotatable bonds is 4. The summed E-state index contributed by atoms with van der Waals surface area (Å²) in [5, 5.41) is 2.55. The molecule has 4 bridgehead atoms. The van der Waals surface area contributed by atoms with Crippen molar-refractivity contribution in [2.45, 2.75) is 50.1 Å². The fraction of sp³-hybridized carbons (Fsp3) is 0.462. The van der Waals surface area contributed by atoms with E-state index < -0.39 is 17.6 Å². The van der Waals surface area contributed by atoms with Crippen LogP contribution in [0.5, 0.6) is 5.75 Å². The third-order valence-corrected chi connectivity index (χ3v) is 9.24. The fourth-order valence-electron chi connectivity index (χ4n) is 7.07. The highest BCUT2D eigenvalue weighted by atomic mass is 32.1.